The van der Waals surface area contributed by atoms with Gasteiger partial charge >= 0.3 is 0 Å². The normalized spacial score (nSPS) is 12.4. The molecule has 3 nitrogen and oxygen atoms in total. The number of para-hydroxylation sites is 2. The van der Waals surface area contributed by atoms with Gasteiger partial charge in [0.15, 0.2) is 23.0 Å². The third-order valence-electron chi connectivity index (χ3n) is 10.6. The van der Waals surface area contributed by atoms with E-state index in [1.807, 2.05) is 18.2 Å². The van der Waals surface area contributed by atoms with Crippen molar-refractivity contribution in [3.8, 4) is 67.5 Å². The summed E-state index contributed by atoms with van der Waals surface area (Å²) in [6.45, 7) is 0. The van der Waals surface area contributed by atoms with E-state index in [0.717, 1.165) is 73.4 Å². The Morgan fingerprint density at radius 3 is 1.58 bits per heavy atom. The van der Waals surface area contributed by atoms with Crippen LogP contribution in [0.15, 0.2) is 188 Å². The van der Waals surface area contributed by atoms with Crippen LogP contribution < -0.4 is 14.4 Å². The number of ether oxygens (including phenoxy) is 2. The van der Waals surface area contributed by atoms with E-state index in [-0.39, 0.29) is 0 Å². The molecule has 0 atom stereocenters. The fourth-order valence-electron chi connectivity index (χ4n) is 8.17. The zero-order chi connectivity index (χ0) is 34.9. The van der Waals surface area contributed by atoms with E-state index >= 15 is 0 Å². The molecule has 0 aliphatic carbocycles. The van der Waals surface area contributed by atoms with Gasteiger partial charge in [0.25, 0.3) is 0 Å². The molecule has 2 aliphatic heterocycles. The molecule has 9 aromatic carbocycles. The first kappa shape index (κ1) is 29.6. The third kappa shape index (κ3) is 4.75. The van der Waals surface area contributed by atoms with E-state index in [4.69, 9.17) is 9.47 Å². The van der Waals surface area contributed by atoms with Crippen molar-refractivity contribution in [2.75, 3.05) is 4.90 Å². The Bertz CT molecular complexity index is 2840. The number of nitrogens with zero attached hydrogens (tertiary/aromatic N) is 1. The Morgan fingerprint density at radius 2 is 0.849 bits per heavy atom. The minimum Gasteiger partial charge on any atom is -0.453 e. The van der Waals surface area contributed by atoms with Crippen LogP contribution in [-0.2, 0) is 0 Å². The summed E-state index contributed by atoms with van der Waals surface area (Å²) in [4.78, 5) is 2.28. The molecule has 9 aromatic rings. The predicted octanol–water partition coefficient (Wildman–Crippen LogP) is 14.3. The lowest BCUT2D eigenvalue weighted by atomic mass is 9.90. The molecule has 53 heavy (non-hydrogen) atoms. The monoisotopic (exact) mass is 677 g/mol. The first-order valence-electron chi connectivity index (χ1n) is 18.0. The maximum Gasteiger partial charge on any atom is 0.156 e. The van der Waals surface area contributed by atoms with E-state index in [1.54, 1.807) is 0 Å². The fourth-order valence-corrected chi connectivity index (χ4v) is 8.17. The van der Waals surface area contributed by atoms with Gasteiger partial charge in [-0.2, -0.15) is 0 Å². The van der Waals surface area contributed by atoms with Crippen LogP contribution >= 0.6 is 0 Å². The minimum atomic E-state index is 0.762. The van der Waals surface area contributed by atoms with E-state index in [1.165, 1.54) is 32.7 Å². The molecule has 0 fully saturated rings. The van der Waals surface area contributed by atoms with Crippen molar-refractivity contribution in [2.45, 2.75) is 0 Å². The van der Waals surface area contributed by atoms with Crippen LogP contribution in [0.5, 0.6) is 23.0 Å². The highest BCUT2D eigenvalue weighted by Gasteiger charge is 2.35. The Hall–Kier alpha value is -7.10. The topological polar surface area (TPSA) is 21.7 Å². The Balaban J connectivity index is 1.03. The molecule has 0 aromatic heterocycles. The SMILES string of the molecule is c1ccc(-c2ccc3c(c2)Oc2cc(-c4ccccc4-c4ccc(-c5c6ccccc6cc6ccccc56)cc4)cc4c2N3c2ccccc2O4)cc1. The Labute approximate surface area is 307 Å². The zero-order valence-corrected chi connectivity index (χ0v) is 28.7. The number of rotatable bonds is 4. The van der Waals surface area contributed by atoms with Crippen LogP contribution in [0.1, 0.15) is 0 Å². The lowest BCUT2D eigenvalue weighted by Gasteiger charge is -2.38. The van der Waals surface area contributed by atoms with Gasteiger partial charge < -0.3 is 9.47 Å². The Morgan fingerprint density at radius 1 is 0.321 bits per heavy atom. The summed E-state index contributed by atoms with van der Waals surface area (Å²) < 4.78 is 13.5. The predicted molar refractivity (Wildman–Crippen MR) is 218 cm³/mol. The molecule has 0 N–H and O–H groups in total. The number of fused-ring (bicyclic) bond motifs is 6. The van der Waals surface area contributed by atoms with Crippen LogP contribution in [0, 0.1) is 0 Å². The van der Waals surface area contributed by atoms with Gasteiger partial charge in [0, 0.05) is 0 Å². The first-order chi connectivity index (χ1) is 26.3. The summed E-state index contributed by atoms with van der Waals surface area (Å²) in [5.74, 6) is 3.15. The van der Waals surface area contributed by atoms with Crippen molar-refractivity contribution in [3.63, 3.8) is 0 Å². The van der Waals surface area contributed by atoms with Crippen molar-refractivity contribution >= 4 is 38.6 Å². The van der Waals surface area contributed by atoms with E-state index < -0.39 is 0 Å². The highest BCUT2D eigenvalue weighted by Crippen LogP contribution is 2.61. The van der Waals surface area contributed by atoms with Crippen molar-refractivity contribution in [3.05, 3.63) is 188 Å². The van der Waals surface area contributed by atoms with E-state index in [0.29, 0.717) is 0 Å². The fraction of sp³-hybridized carbons (Fsp3) is 0. The molecule has 0 amide bonds. The smallest absolute Gasteiger partial charge is 0.156 e. The molecule has 248 valence electrons. The molecule has 2 aliphatic rings. The largest absolute Gasteiger partial charge is 0.453 e. The van der Waals surface area contributed by atoms with Gasteiger partial charge in [-0.3, -0.25) is 4.90 Å². The van der Waals surface area contributed by atoms with Gasteiger partial charge in [-0.1, -0.05) is 146 Å². The second-order valence-corrected chi connectivity index (χ2v) is 13.7. The highest BCUT2D eigenvalue weighted by molar-refractivity contribution is 6.12. The maximum atomic E-state index is 6.82. The summed E-state index contributed by atoms with van der Waals surface area (Å²) in [5, 5.41) is 5.01. The summed E-state index contributed by atoms with van der Waals surface area (Å²) >= 11 is 0. The molecule has 2 heterocycles. The van der Waals surface area contributed by atoms with Gasteiger partial charge in [-0.05, 0) is 109 Å². The molecule has 3 heteroatoms. The van der Waals surface area contributed by atoms with Crippen LogP contribution in [0.3, 0.4) is 0 Å². The molecular weight excluding hydrogens is 647 g/mol. The summed E-state index contributed by atoms with van der Waals surface area (Å²) in [7, 11) is 0. The highest BCUT2D eigenvalue weighted by atomic mass is 16.5. The van der Waals surface area contributed by atoms with Crippen LogP contribution in [-0.4, -0.2) is 0 Å². The van der Waals surface area contributed by atoms with E-state index in [2.05, 4.69) is 175 Å². The molecule has 0 spiro atoms. The molecule has 0 saturated carbocycles. The number of hydrogen-bond acceptors (Lipinski definition) is 3. The second-order valence-electron chi connectivity index (χ2n) is 13.7. The quantitative estimate of drug-likeness (QED) is 0.173. The molecule has 11 rings (SSSR count). The van der Waals surface area contributed by atoms with Crippen molar-refractivity contribution in [2.24, 2.45) is 0 Å². The standard InChI is InChI=1S/C50H31NO2/c1-2-12-32(13-3-1)35-26-27-44-46(29-35)53-48-31-38(30-47-50(48)51(44)43-20-10-11-21-45(43)52-47)40-17-9-8-16-39(40)33-22-24-34(25-23-33)49-41-18-6-4-14-36(41)28-37-15-5-7-19-42(37)49/h1-31H. The lowest BCUT2D eigenvalue weighted by molar-refractivity contribution is 0.446. The summed E-state index contributed by atoms with van der Waals surface area (Å²) in [6, 6.07) is 66.7. The minimum absolute atomic E-state index is 0.762. The maximum absolute atomic E-state index is 6.82. The number of benzene rings is 9. The van der Waals surface area contributed by atoms with Crippen molar-refractivity contribution < 1.29 is 9.47 Å². The second kappa shape index (κ2) is 11.7. The van der Waals surface area contributed by atoms with Gasteiger partial charge in [0.1, 0.15) is 5.69 Å². The summed E-state index contributed by atoms with van der Waals surface area (Å²) in [6.07, 6.45) is 0. The van der Waals surface area contributed by atoms with Crippen molar-refractivity contribution in [1.29, 1.82) is 0 Å². The Kier molecular flexibility index (Phi) is 6.55. The van der Waals surface area contributed by atoms with Gasteiger partial charge in [0.05, 0.1) is 11.4 Å². The van der Waals surface area contributed by atoms with Gasteiger partial charge in [-0.25, -0.2) is 0 Å². The van der Waals surface area contributed by atoms with Crippen LogP contribution in [0.25, 0.3) is 66.1 Å². The molecular formula is C50H31NO2. The summed E-state index contributed by atoms with van der Waals surface area (Å²) in [5.41, 5.74) is 12.0. The molecule has 0 saturated heterocycles. The third-order valence-corrected chi connectivity index (χ3v) is 10.6. The first-order valence-corrected chi connectivity index (χ1v) is 18.0. The van der Waals surface area contributed by atoms with E-state index in [9.17, 15) is 0 Å². The van der Waals surface area contributed by atoms with Gasteiger partial charge in [-0.15, -0.1) is 0 Å². The number of hydrogen-bond donors (Lipinski definition) is 0. The lowest BCUT2D eigenvalue weighted by Crippen LogP contribution is -2.20. The zero-order valence-electron chi connectivity index (χ0n) is 28.7. The average molecular weight is 678 g/mol. The number of anilines is 3. The van der Waals surface area contributed by atoms with Gasteiger partial charge in [0.2, 0.25) is 0 Å². The van der Waals surface area contributed by atoms with Crippen LogP contribution in [0.4, 0.5) is 17.1 Å². The van der Waals surface area contributed by atoms with Crippen molar-refractivity contribution in [1.82, 2.24) is 0 Å². The average Bonchev–Trinajstić information content (AvgIpc) is 3.22. The molecule has 0 bridgehead atoms. The van der Waals surface area contributed by atoms with Crippen LogP contribution in [0.2, 0.25) is 0 Å². The molecule has 0 unspecified atom stereocenters. The molecule has 0 radical (unpaired) electrons.